The number of aromatic nitrogens is 1. The van der Waals surface area contributed by atoms with E-state index in [2.05, 4.69) is 9.72 Å². The van der Waals surface area contributed by atoms with Gasteiger partial charge in [0.25, 0.3) is 0 Å². The van der Waals surface area contributed by atoms with Crippen molar-refractivity contribution in [1.82, 2.24) is 4.98 Å². The van der Waals surface area contributed by atoms with Gasteiger partial charge < -0.3 is 4.74 Å². The van der Waals surface area contributed by atoms with Gasteiger partial charge in [0.2, 0.25) is 0 Å². The van der Waals surface area contributed by atoms with Crippen molar-refractivity contribution < 1.29 is 45.5 Å². The third-order valence-corrected chi connectivity index (χ3v) is 5.10. The second-order valence-corrected chi connectivity index (χ2v) is 7.11. The Kier molecular flexibility index (Phi) is 5.54. The maximum atomic E-state index is 12.9. The monoisotopic (exact) mass is 423 g/mol. The molecular weight excluding hydrogens is 408 g/mol. The number of ether oxygens (including phenoxy) is 1. The normalized spacial score (nSPS) is 24.8. The average molecular weight is 423 g/mol. The molecular formula is C18H15F6NO4. The van der Waals surface area contributed by atoms with Crippen molar-refractivity contribution in [3.8, 4) is 0 Å². The summed E-state index contributed by atoms with van der Waals surface area (Å²) in [6, 6.07) is 1.20. The Balaban J connectivity index is 1.93. The van der Waals surface area contributed by atoms with Crippen LogP contribution in [-0.4, -0.2) is 35.1 Å². The van der Waals surface area contributed by atoms with Crippen molar-refractivity contribution >= 4 is 17.3 Å². The Morgan fingerprint density at radius 3 is 2.14 bits per heavy atom. The number of Topliss-reactive ketones (excluding diaryl/α,β-unsaturated/α-hetero) is 3. The molecule has 1 aromatic heterocycles. The van der Waals surface area contributed by atoms with Crippen LogP contribution in [0.15, 0.2) is 12.1 Å². The van der Waals surface area contributed by atoms with Crippen LogP contribution in [0.4, 0.5) is 26.3 Å². The molecule has 2 saturated carbocycles. The Morgan fingerprint density at radius 1 is 1.03 bits per heavy atom. The fraction of sp³-hybridized carbons (Fsp3) is 0.556. The van der Waals surface area contributed by atoms with Crippen LogP contribution >= 0.6 is 0 Å². The summed E-state index contributed by atoms with van der Waals surface area (Å²) in [5.74, 6) is -4.87. The van der Waals surface area contributed by atoms with Crippen molar-refractivity contribution in [2.24, 2.45) is 17.8 Å². The fourth-order valence-corrected chi connectivity index (χ4v) is 3.78. The molecule has 2 aliphatic carbocycles. The lowest BCUT2D eigenvalue weighted by molar-refractivity contribution is -0.177. The highest BCUT2D eigenvalue weighted by Gasteiger charge is 2.50. The topological polar surface area (TPSA) is 73.3 Å². The van der Waals surface area contributed by atoms with Crippen LogP contribution in [0.25, 0.3) is 0 Å². The van der Waals surface area contributed by atoms with Gasteiger partial charge in [-0.25, -0.2) is 4.98 Å². The molecule has 0 N–H and O–H groups in total. The van der Waals surface area contributed by atoms with E-state index in [0.29, 0.717) is 25.3 Å². The second-order valence-electron chi connectivity index (χ2n) is 7.11. The van der Waals surface area contributed by atoms with Crippen LogP contribution in [0.1, 0.15) is 41.0 Å². The third-order valence-electron chi connectivity index (χ3n) is 5.10. The molecule has 158 valence electrons. The van der Waals surface area contributed by atoms with E-state index in [9.17, 15) is 40.7 Å². The Hall–Kier alpha value is -2.30. The number of fused-ring (bicyclic) bond motifs is 2. The van der Waals surface area contributed by atoms with E-state index in [-0.39, 0.29) is 0 Å². The van der Waals surface area contributed by atoms with Crippen molar-refractivity contribution in [3.05, 3.63) is 29.1 Å². The largest absolute Gasteiger partial charge is 0.433 e. The van der Waals surface area contributed by atoms with E-state index in [1.54, 1.807) is 0 Å². The van der Waals surface area contributed by atoms with Gasteiger partial charge in [0, 0.05) is 17.4 Å². The smallest absolute Gasteiger partial charge is 0.366 e. The third kappa shape index (κ3) is 4.49. The summed E-state index contributed by atoms with van der Waals surface area (Å²) < 4.78 is 80.0. The number of alkyl halides is 6. The minimum atomic E-state index is -4.91. The molecule has 2 aliphatic rings. The molecule has 5 nitrogen and oxygen atoms in total. The molecule has 0 aromatic carbocycles. The molecule has 2 unspecified atom stereocenters. The summed E-state index contributed by atoms with van der Waals surface area (Å²) in [6.45, 7) is -2.80. The summed E-state index contributed by atoms with van der Waals surface area (Å²) in [5.41, 5.74) is -2.65. The Bertz CT molecular complexity index is 826. The van der Waals surface area contributed by atoms with Gasteiger partial charge in [0.15, 0.2) is 17.3 Å². The molecule has 0 spiro atoms. The highest BCUT2D eigenvalue weighted by atomic mass is 19.4. The Morgan fingerprint density at radius 2 is 1.62 bits per heavy atom. The summed E-state index contributed by atoms with van der Waals surface area (Å²) in [6.07, 6.45) is -8.40. The maximum absolute atomic E-state index is 12.9. The zero-order valence-electron chi connectivity index (χ0n) is 14.8. The first-order valence-corrected chi connectivity index (χ1v) is 8.71. The van der Waals surface area contributed by atoms with E-state index in [1.165, 1.54) is 0 Å². The summed E-state index contributed by atoms with van der Waals surface area (Å²) in [4.78, 5) is 41.0. The number of pyridine rings is 1. The number of ketones is 3. The second kappa shape index (κ2) is 7.51. The van der Waals surface area contributed by atoms with Gasteiger partial charge in [-0.05, 0) is 31.4 Å². The van der Waals surface area contributed by atoms with Crippen molar-refractivity contribution in [1.29, 1.82) is 0 Å². The first-order chi connectivity index (χ1) is 13.4. The number of carbonyl (C=O) groups excluding carboxylic acids is 3. The van der Waals surface area contributed by atoms with E-state index >= 15 is 0 Å². The number of hydrogen-bond donors (Lipinski definition) is 0. The van der Waals surface area contributed by atoms with Crippen LogP contribution in [-0.2, 0) is 27.1 Å². The predicted octanol–water partition coefficient (Wildman–Crippen LogP) is 3.55. The maximum Gasteiger partial charge on any atom is 0.433 e. The summed E-state index contributed by atoms with van der Waals surface area (Å²) in [7, 11) is 0. The molecule has 11 heteroatoms. The van der Waals surface area contributed by atoms with Crippen molar-refractivity contribution in [2.45, 2.75) is 38.2 Å². The zero-order valence-corrected chi connectivity index (χ0v) is 14.8. The van der Waals surface area contributed by atoms with Gasteiger partial charge in [-0.1, -0.05) is 0 Å². The van der Waals surface area contributed by atoms with Crippen molar-refractivity contribution in [2.75, 3.05) is 6.61 Å². The lowest BCUT2D eigenvalue weighted by Gasteiger charge is -2.25. The average Bonchev–Trinajstić information content (AvgIpc) is 3.05. The molecule has 1 aromatic rings. The quantitative estimate of drug-likeness (QED) is 0.412. The zero-order chi connectivity index (χ0) is 21.6. The fourth-order valence-electron chi connectivity index (χ4n) is 3.78. The molecule has 0 amide bonds. The number of halogens is 6. The van der Waals surface area contributed by atoms with Gasteiger partial charge in [0.05, 0.1) is 12.3 Å². The number of carbonyl (C=O) groups is 3. The van der Waals surface area contributed by atoms with E-state index < -0.39 is 77.6 Å². The molecule has 0 aliphatic heterocycles. The molecule has 29 heavy (non-hydrogen) atoms. The van der Waals surface area contributed by atoms with E-state index in [4.69, 9.17) is 0 Å². The van der Waals surface area contributed by atoms with Gasteiger partial charge in [-0.3, -0.25) is 14.4 Å². The minimum Gasteiger partial charge on any atom is -0.366 e. The molecule has 0 saturated heterocycles. The van der Waals surface area contributed by atoms with Crippen molar-refractivity contribution in [3.63, 3.8) is 0 Å². The lowest BCUT2D eigenvalue weighted by atomic mass is 9.75. The van der Waals surface area contributed by atoms with Crippen LogP contribution in [0.2, 0.25) is 0 Å². The number of hydrogen-bond acceptors (Lipinski definition) is 5. The van der Waals surface area contributed by atoms with Crippen LogP contribution in [0.3, 0.4) is 0 Å². The highest BCUT2D eigenvalue weighted by Crippen LogP contribution is 2.41. The van der Waals surface area contributed by atoms with Gasteiger partial charge in [0.1, 0.15) is 18.2 Å². The van der Waals surface area contributed by atoms with Crippen LogP contribution in [0.5, 0.6) is 0 Å². The highest BCUT2D eigenvalue weighted by molar-refractivity contribution is 6.26. The first kappa shape index (κ1) is 21.4. The molecule has 1 heterocycles. The molecule has 2 bridgehead atoms. The molecule has 2 fully saturated rings. The standard InChI is InChI=1S/C18H15F6NO4/c19-17(20,21)7-29-6-11-10(3-4-12(25-11)18(22,23)24)16(28)13-14(26)8-1-2-9(5-8)15(13)27/h3-4,8-9,13H,1-2,5-7H2. The van der Waals surface area contributed by atoms with Crippen LogP contribution in [0, 0.1) is 17.8 Å². The Labute approximate surface area is 160 Å². The number of nitrogens with zero attached hydrogens (tertiary/aromatic N) is 1. The molecule has 0 radical (unpaired) electrons. The van der Waals surface area contributed by atoms with Gasteiger partial charge >= 0.3 is 12.4 Å². The number of rotatable bonds is 5. The van der Waals surface area contributed by atoms with Gasteiger partial charge in [-0.15, -0.1) is 0 Å². The van der Waals surface area contributed by atoms with Crippen LogP contribution < -0.4 is 0 Å². The SMILES string of the molecule is O=C(c1ccc(C(F)(F)F)nc1COCC(F)(F)F)C1C(=O)C2CCC(C2)C1=O. The molecule has 2 atom stereocenters. The lowest BCUT2D eigenvalue weighted by Crippen LogP contribution is -2.42. The van der Waals surface area contributed by atoms with Gasteiger partial charge in [-0.2, -0.15) is 26.3 Å². The summed E-state index contributed by atoms with van der Waals surface area (Å²) in [5, 5.41) is 0. The van der Waals surface area contributed by atoms with E-state index in [1.807, 2.05) is 0 Å². The van der Waals surface area contributed by atoms with E-state index in [0.717, 1.165) is 6.07 Å². The first-order valence-electron chi connectivity index (χ1n) is 8.71. The summed E-state index contributed by atoms with van der Waals surface area (Å²) >= 11 is 0. The predicted molar refractivity (Wildman–Crippen MR) is 83.6 cm³/mol. The minimum absolute atomic E-state index is 0.342. The molecule has 3 rings (SSSR count).